The van der Waals surface area contributed by atoms with Gasteiger partial charge >= 0.3 is 5.97 Å². The number of carbonyl (C=O) groups is 1. The maximum Gasteiger partial charge on any atom is 0.312 e. The fraction of sp³-hybridized carbons (Fsp3) is 0.923. The number of carbonyl (C=O) groups excluding carboxylic acids is 1. The molecule has 0 unspecified atom stereocenters. The summed E-state index contributed by atoms with van der Waals surface area (Å²) < 4.78 is 12.2. The molecular formula is C13H18O3. The molecule has 2 spiro atoms. The monoisotopic (exact) mass is 222 g/mol. The molecule has 5 fully saturated rings. The molecule has 4 heterocycles. The standard InChI is InChI=1S/C13H18O3/c14-11-9-3-7-13(16-11)6-2-1-5-12(13)8-4-10(9)15-12/h9-10H,1-8H2/t9-,10-,12+,13+/m1/s1. The lowest BCUT2D eigenvalue weighted by molar-refractivity contribution is -0.209. The van der Waals surface area contributed by atoms with Gasteiger partial charge in [-0.2, -0.15) is 0 Å². The van der Waals surface area contributed by atoms with Crippen molar-refractivity contribution in [2.24, 2.45) is 5.92 Å². The zero-order valence-electron chi connectivity index (χ0n) is 9.54. The molecule has 4 aliphatic heterocycles. The van der Waals surface area contributed by atoms with Crippen LogP contribution >= 0.6 is 0 Å². The molecule has 1 saturated carbocycles. The zero-order valence-corrected chi connectivity index (χ0v) is 9.54. The third kappa shape index (κ3) is 0.922. The van der Waals surface area contributed by atoms with Crippen molar-refractivity contribution in [2.45, 2.75) is 68.7 Å². The Morgan fingerprint density at radius 1 is 1.00 bits per heavy atom. The minimum atomic E-state index is -0.246. The summed E-state index contributed by atoms with van der Waals surface area (Å²) in [5.41, 5.74) is -0.346. The van der Waals surface area contributed by atoms with Crippen molar-refractivity contribution in [1.82, 2.24) is 0 Å². The second-order valence-electron chi connectivity index (χ2n) is 5.96. The average molecular weight is 222 g/mol. The van der Waals surface area contributed by atoms with E-state index in [2.05, 4.69) is 0 Å². The molecule has 4 atom stereocenters. The second kappa shape index (κ2) is 2.81. The van der Waals surface area contributed by atoms with Crippen LogP contribution in [-0.2, 0) is 14.3 Å². The van der Waals surface area contributed by atoms with E-state index in [1.54, 1.807) is 0 Å². The summed E-state index contributed by atoms with van der Waals surface area (Å²) in [4.78, 5) is 12.0. The number of ether oxygens (including phenoxy) is 2. The number of rotatable bonds is 0. The quantitative estimate of drug-likeness (QED) is 0.589. The summed E-state index contributed by atoms with van der Waals surface area (Å²) in [6, 6.07) is 0. The van der Waals surface area contributed by atoms with Gasteiger partial charge in [0.1, 0.15) is 11.2 Å². The largest absolute Gasteiger partial charge is 0.456 e. The molecule has 5 rings (SSSR count). The van der Waals surface area contributed by atoms with E-state index in [0.717, 1.165) is 38.5 Å². The first-order chi connectivity index (χ1) is 7.75. The molecule has 88 valence electrons. The predicted molar refractivity (Wildman–Crippen MR) is 56.9 cm³/mol. The summed E-state index contributed by atoms with van der Waals surface area (Å²) in [5, 5.41) is 0. The smallest absolute Gasteiger partial charge is 0.312 e. The van der Waals surface area contributed by atoms with E-state index >= 15 is 0 Å². The first-order valence-corrected chi connectivity index (χ1v) is 6.65. The highest BCUT2D eigenvalue weighted by atomic mass is 16.6. The lowest BCUT2D eigenvalue weighted by Crippen LogP contribution is -2.59. The normalized spacial score (nSPS) is 54.4. The molecular weight excluding hydrogens is 204 g/mol. The summed E-state index contributed by atoms with van der Waals surface area (Å²) in [6.45, 7) is 0. The van der Waals surface area contributed by atoms with Crippen LogP contribution in [0.4, 0.5) is 0 Å². The minimum Gasteiger partial charge on any atom is -0.456 e. The molecule has 4 saturated heterocycles. The lowest BCUT2D eigenvalue weighted by atomic mass is 9.65. The molecule has 5 aliphatic rings. The van der Waals surface area contributed by atoms with Gasteiger partial charge in [0.25, 0.3) is 0 Å². The van der Waals surface area contributed by atoms with Gasteiger partial charge in [0.05, 0.1) is 12.0 Å². The van der Waals surface area contributed by atoms with Gasteiger partial charge in [-0.15, -0.1) is 0 Å². The topological polar surface area (TPSA) is 35.5 Å². The molecule has 0 aromatic rings. The van der Waals surface area contributed by atoms with Gasteiger partial charge in [0, 0.05) is 0 Å². The van der Waals surface area contributed by atoms with Crippen LogP contribution in [0.25, 0.3) is 0 Å². The van der Waals surface area contributed by atoms with Gasteiger partial charge in [-0.3, -0.25) is 4.79 Å². The lowest BCUT2D eigenvalue weighted by Gasteiger charge is -2.50. The number of hydrogen-bond donors (Lipinski definition) is 0. The Balaban J connectivity index is 1.86. The summed E-state index contributed by atoms with van der Waals surface area (Å²) in [6.07, 6.45) is 8.93. The Labute approximate surface area is 95.5 Å². The van der Waals surface area contributed by atoms with Crippen molar-refractivity contribution in [2.75, 3.05) is 0 Å². The molecule has 3 nitrogen and oxygen atoms in total. The van der Waals surface area contributed by atoms with Gasteiger partial charge in [-0.05, 0) is 44.9 Å². The molecule has 0 amide bonds. The minimum absolute atomic E-state index is 0.0275. The summed E-state index contributed by atoms with van der Waals surface area (Å²) in [5.74, 6) is 0.0651. The molecule has 0 radical (unpaired) electrons. The highest BCUT2D eigenvalue weighted by Crippen LogP contribution is 2.58. The average Bonchev–Trinajstić information content (AvgIpc) is 2.57. The van der Waals surface area contributed by atoms with Crippen LogP contribution in [-0.4, -0.2) is 23.3 Å². The molecule has 0 N–H and O–H groups in total. The molecule has 0 aromatic heterocycles. The Hall–Kier alpha value is -0.570. The fourth-order valence-electron chi connectivity index (χ4n) is 4.52. The van der Waals surface area contributed by atoms with Crippen molar-refractivity contribution in [3.8, 4) is 0 Å². The van der Waals surface area contributed by atoms with Crippen LogP contribution in [0.3, 0.4) is 0 Å². The van der Waals surface area contributed by atoms with E-state index in [0.29, 0.717) is 0 Å². The van der Waals surface area contributed by atoms with Crippen molar-refractivity contribution >= 4 is 5.97 Å². The molecule has 3 heteroatoms. The SMILES string of the molecule is O=C1O[C@]23CCCC[C@]24CC[C@@H](O4)[C@H]1CC3. The van der Waals surface area contributed by atoms with E-state index < -0.39 is 0 Å². The number of hydrogen-bond acceptors (Lipinski definition) is 3. The van der Waals surface area contributed by atoms with Crippen LogP contribution in [0, 0.1) is 5.92 Å². The molecule has 0 aromatic carbocycles. The summed E-state index contributed by atoms with van der Waals surface area (Å²) >= 11 is 0. The van der Waals surface area contributed by atoms with Crippen molar-refractivity contribution in [1.29, 1.82) is 0 Å². The fourth-order valence-corrected chi connectivity index (χ4v) is 4.52. The maximum atomic E-state index is 12.0. The van der Waals surface area contributed by atoms with Gasteiger partial charge in [0.15, 0.2) is 0 Å². The highest BCUT2D eigenvalue weighted by molar-refractivity contribution is 5.75. The summed E-state index contributed by atoms with van der Waals surface area (Å²) in [7, 11) is 0. The molecule has 1 aliphatic carbocycles. The van der Waals surface area contributed by atoms with Crippen LogP contribution in [0.15, 0.2) is 0 Å². The third-order valence-corrected chi connectivity index (χ3v) is 5.36. The number of fused-ring (bicyclic) bond motifs is 2. The van der Waals surface area contributed by atoms with Gasteiger partial charge in [-0.25, -0.2) is 0 Å². The van der Waals surface area contributed by atoms with Crippen molar-refractivity contribution in [3.63, 3.8) is 0 Å². The van der Waals surface area contributed by atoms with Crippen molar-refractivity contribution in [3.05, 3.63) is 0 Å². The Bertz CT molecular complexity index is 349. The van der Waals surface area contributed by atoms with Crippen molar-refractivity contribution < 1.29 is 14.3 Å². The Morgan fingerprint density at radius 2 is 1.75 bits per heavy atom. The van der Waals surface area contributed by atoms with Gasteiger partial charge in [0.2, 0.25) is 0 Å². The van der Waals surface area contributed by atoms with E-state index in [9.17, 15) is 4.79 Å². The Morgan fingerprint density at radius 3 is 2.56 bits per heavy atom. The third-order valence-electron chi connectivity index (χ3n) is 5.36. The van der Waals surface area contributed by atoms with Crippen LogP contribution in [0.5, 0.6) is 0 Å². The van der Waals surface area contributed by atoms with E-state index in [1.165, 1.54) is 12.8 Å². The highest BCUT2D eigenvalue weighted by Gasteiger charge is 2.66. The second-order valence-corrected chi connectivity index (χ2v) is 5.96. The van der Waals surface area contributed by atoms with E-state index in [-0.39, 0.29) is 29.2 Å². The van der Waals surface area contributed by atoms with Crippen LogP contribution < -0.4 is 0 Å². The molecule has 4 bridgehead atoms. The van der Waals surface area contributed by atoms with Gasteiger partial charge < -0.3 is 9.47 Å². The van der Waals surface area contributed by atoms with Crippen LogP contribution in [0.1, 0.15) is 51.4 Å². The number of esters is 1. The first-order valence-electron chi connectivity index (χ1n) is 6.65. The Kier molecular flexibility index (Phi) is 1.66. The molecule has 16 heavy (non-hydrogen) atoms. The van der Waals surface area contributed by atoms with E-state index in [4.69, 9.17) is 9.47 Å². The van der Waals surface area contributed by atoms with E-state index in [1.807, 2.05) is 0 Å². The zero-order chi connectivity index (χ0) is 10.8. The van der Waals surface area contributed by atoms with Crippen LogP contribution in [0.2, 0.25) is 0 Å². The first kappa shape index (κ1) is 9.46. The van der Waals surface area contributed by atoms with Gasteiger partial charge in [-0.1, -0.05) is 6.42 Å². The predicted octanol–water partition coefficient (Wildman–Crippen LogP) is 2.18. The maximum absolute atomic E-state index is 12.0.